The summed E-state index contributed by atoms with van der Waals surface area (Å²) >= 11 is 0. The maximum atomic E-state index is 6.12. The predicted molar refractivity (Wildman–Crippen MR) is 87.2 cm³/mol. The molecule has 1 aromatic carbocycles. The number of fused-ring (bicyclic) bond motifs is 1. The van der Waals surface area contributed by atoms with Crippen LogP contribution >= 0.6 is 0 Å². The molecule has 0 aromatic heterocycles. The van der Waals surface area contributed by atoms with Crippen molar-refractivity contribution in [2.75, 3.05) is 6.54 Å². The van der Waals surface area contributed by atoms with Crippen molar-refractivity contribution in [1.82, 2.24) is 5.32 Å². The molecule has 0 bridgehead atoms. The molecule has 1 unspecified atom stereocenters. The molecule has 3 nitrogen and oxygen atoms in total. The van der Waals surface area contributed by atoms with E-state index in [0.717, 1.165) is 24.5 Å². The lowest BCUT2D eigenvalue weighted by Crippen LogP contribution is -2.39. The van der Waals surface area contributed by atoms with E-state index in [1.54, 1.807) is 0 Å². The van der Waals surface area contributed by atoms with Gasteiger partial charge in [0.25, 0.3) is 0 Å². The van der Waals surface area contributed by atoms with Crippen LogP contribution in [0.2, 0.25) is 0 Å². The van der Waals surface area contributed by atoms with Gasteiger partial charge in [0, 0.05) is 18.0 Å². The maximum absolute atomic E-state index is 6.12. The van der Waals surface area contributed by atoms with Gasteiger partial charge in [-0.05, 0) is 58.9 Å². The molecule has 118 valence electrons. The minimum Gasteiger partial charge on any atom is -0.491 e. The van der Waals surface area contributed by atoms with E-state index in [4.69, 9.17) is 9.47 Å². The zero-order valence-corrected chi connectivity index (χ0v) is 14.0. The van der Waals surface area contributed by atoms with Gasteiger partial charge in [-0.2, -0.15) is 0 Å². The first-order valence-corrected chi connectivity index (χ1v) is 8.14. The molecule has 0 saturated heterocycles. The summed E-state index contributed by atoms with van der Waals surface area (Å²) in [5.74, 6) is 1.91. The molecule has 1 aliphatic rings. The molecule has 0 fully saturated rings. The standard InChI is InChI=1S/C18H29NO2/c1-6-7-10-19-16-12-18(4,5)21-17-9-8-14(11-15(16)17)20-13(2)3/h8-9,11,13,16,19H,6-7,10,12H2,1-5H3. The fourth-order valence-corrected chi connectivity index (χ4v) is 2.81. The smallest absolute Gasteiger partial charge is 0.125 e. The van der Waals surface area contributed by atoms with Crippen molar-refractivity contribution < 1.29 is 9.47 Å². The Hall–Kier alpha value is -1.22. The van der Waals surface area contributed by atoms with E-state index < -0.39 is 0 Å². The lowest BCUT2D eigenvalue weighted by molar-refractivity contribution is 0.0657. The number of nitrogens with one attached hydrogen (secondary N) is 1. The normalized spacial score (nSPS) is 20.0. The van der Waals surface area contributed by atoms with Gasteiger partial charge in [-0.3, -0.25) is 0 Å². The van der Waals surface area contributed by atoms with Gasteiger partial charge in [0.05, 0.1) is 6.10 Å². The van der Waals surface area contributed by atoms with Gasteiger partial charge < -0.3 is 14.8 Å². The van der Waals surface area contributed by atoms with Crippen molar-refractivity contribution in [2.45, 2.75) is 71.6 Å². The van der Waals surface area contributed by atoms with Gasteiger partial charge in [-0.15, -0.1) is 0 Å². The number of unbranched alkanes of at least 4 members (excludes halogenated alkanes) is 1. The molecule has 0 radical (unpaired) electrons. The van der Waals surface area contributed by atoms with Crippen molar-refractivity contribution in [2.24, 2.45) is 0 Å². The van der Waals surface area contributed by atoms with Crippen LogP contribution in [-0.2, 0) is 0 Å². The van der Waals surface area contributed by atoms with E-state index in [0.29, 0.717) is 6.04 Å². The van der Waals surface area contributed by atoms with Crippen LogP contribution in [-0.4, -0.2) is 18.2 Å². The molecule has 1 aliphatic heterocycles. The van der Waals surface area contributed by atoms with Gasteiger partial charge in [0.1, 0.15) is 17.1 Å². The summed E-state index contributed by atoms with van der Waals surface area (Å²) in [6.45, 7) is 11.7. The molecule has 0 spiro atoms. The highest BCUT2D eigenvalue weighted by Crippen LogP contribution is 2.41. The van der Waals surface area contributed by atoms with Crippen LogP contribution in [0.3, 0.4) is 0 Å². The highest BCUT2D eigenvalue weighted by Gasteiger charge is 2.33. The van der Waals surface area contributed by atoms with Crippen molar-refractivity contribution >= 4 is 0 Å². The summed E-state index contributed by atoms with van der Waals surface area (Å²) in [7, 11) is 0. The fraction of sp³-hybridized carbons (Fsp3) is 0.667. The molecule has 0 saturated carbocycles. The summed E-state index contributed by atoms with van der Waals surface area (Å²) in [6, 6.07) is 6.52. The molecular weight excluding hydrogens is 262 g/mol. The molecule has 1 heterocycles. The SMILES string of the molecule is CCCCNC1CC(C)(C)Oc2ccc(OC(C)C)cc21. The van der Waals surface area contributed by atoms with Crippen LogP contribution in [0.15, 0.2) is 18.2 Å². The molecule has 1 N–H and O–H groups in total. The topological polar surface area (TPSA) is 30.5 Å². The van der Waals surface area contributed by atoms with Crippen LogP contribution in [0, 0.1) is 0 Å². The number of rotatable bonds is 6. The van der Waals surface area contributed by atoms with Gasteiger partial charge in [-0.25, -0.2) is 0 Å². The summed E-state index contributed by atoms with van der Waals surface area (Å²) in [4.78, 5) is 0. The van der Waals surface area contributed by atoms with Crippen molar-refractivity contribution in [1.29, 1.82) is 0 Å². The zero-order chi connectivity index (χ0) is 15.5. The van der Waals surface area contributed by atoms with Gasteiger partial charge in [0.15, 0.2) is 0 Å². The van der Waals surface area contributed by atoms with Crippen molar-refractivity contribution in [3.63, 3.8) is 0 Å². The number of benzene rings is 1. The Kier molecular flexibility index (Phi) is 5.15. The summed E-state index contributed by atoms with van der Waals surface area (Å²) in [5.41, 5.74) is 1.10. The Bertz CT molecular complexity index is 468. The number of ether oxygens (including phenoxy) is 2. The molecule has 0 aliphatic carbocycles. The average molecular weight is 291 g/mol. The Morgan fingerprint density at radius 2 is 2.14 bits per heavy atom. The van der Waals surface area contributed by atoms with Crippen LogP contribution in [0.1, 0.15) is 65.5 Å². The molecular formula is C18H29NO2. The van der Waals surface area contributed by atoms with Crippen molar-refractivity contribution in [3.8, 4) is 11.5 Å². The Morgan fingerprint density at radius 3 is 2.81 bits per heavy atom. The average Bonchev–Trinajstić information content (AvgIpc) is 2.38. The van der Waals surface area contributed by atoms with E-state index in [1.807, 2.05) is 12.1 Å². The third-order valence-electron chi connectivity index (χ3n) is 3.73. The molecule has 3 heteroatoms. The second kappa shape index (κ2) is 6.69. The Balaban J connectivity index is 2.22. The number of hydrogen-bond acceptors (Lipinski definition) is 3. The second-order valence-corrected chi connectivity index (χ2v) is 6.79. The molecule has 21 heavy (non-hydrogen) atoms. The van der Waals surface area contributed by atoms with E-state index >= 15 is 0 Å². The minimum atomic E-state index is -0.128. The maximum Gasteiger partial charge on any atom is 0.125 e. The first-order chi connectivity index (χ1) is 9.91. The second-order valence-electron chi connectivity index (χ2n) is 6.79. The first kappa shape index (κ1) is 16.2. The van der Waals surface area contributed by atoms with E-state index in [2.05, 4.69) is 46.0 Å². The first-order valence-electron chi connectivity index (χ1n) is 8.14. The number of hydrogen-bond donors (Lipinski definition) is 1. The van der Waals surface area contributed by atoms with E-state index in [9.17, 15) is 0 Å². The van der Waals surface area contributed by atoms with Crippen molar-refractivity contribution in [3.05, 3.63) is 23.8 Å². The molecule has 1 aromatic rings. The van der Waals surface area contributed by atoms with E-state index in [-0.39, 0.29) is 11.7 Å². The monoisotopic (exact) mass is 291 g/mol. The van der Waals surface area contributed by atoms with Crippen LogP contribution < -0.4 is 14.8 Å². The summed E-state index contributed by atoms with van der Waals surface area (Å²) in [6.07, 6.45) is 3.59. The van der Waals surface area contributed by atoms with Crippen LogP contribution in [0.5, 0.6) is 11.5 Å². The molecule has 2 rings (SSSR count). The third-order valence-corrected chi connectivity index (χ3v) is 3.73. The molecule has 1 atom stereocenters. The molecule has 0 amide bonds. The zero-order valence-electron chi connectivity index (χ0n) is 14.0. The van der Waals surface area contributed by atoms with Crippen LogP contribution in [0.4, 0.5) is 0 Å². The third kappa shape index (κ3) is 4.37. The predicted octanol–water partition coefficient (Wildman–Crippen LogP) is 4.47. The largest absolute Gasteiger partial charge is 0.491 e. The highest BCUT2D eigenvalue weighted by molar-refractivity contribution is 5.44. The fourth-order valence-electron chi connectivity index (χ4n) is 2.81. The summed E-state index contributed by atoms with van der Waals surface area (Å²) in [5, 5.41) is 3.68. The van der Waals surface area contributed by atoms with Crippen LogP contribution in [0.25, 0.3) is 0 Å². The van der Waals surface area contributed by atoms with Gasteiger partial charge in [-0.1, -0.05) is 13.3 Å². The highest BCUT2D eigenvalue weighted by atomic mass is 16.5. The quantitative estimate of drug-likeness (QED) is 0.785. The lowest BCUT2D eigenvalue weighted by atomic mass is 9.89. The van der Waals surface area contributed by atoms with Gasteiger partial charge in [0.2, 0.25) is 0 Å². The minimum absolute atomic E-state index is 0.128. The Morgan fingerprint density at radius 1 is 1.38 bits per heavy atom. The summed E-state index contributed by atoms with van der Waals surface area (Å²) < 4.78 is 11.9. The van der Waals surface area contributed by atoms with Gasteiger partial charge >= 0.3 is 0 Å². The lowest BCUT2D eigenvalue weighted by Gasteiger charge is -2.38. The Labute approximate surface area is 129 Å². The van der Waals surface area contributed by atoms with E-state index in [1.165, 1.54) is 18.4 Å².